The van der Waals surface area contributed by atoms with Gasteiger partial charge in [-0.3, -0.25) is 34.0 Å². The van der Waals surface area contributed by atoms with Crippen LogP contribution in [0.4, 0.5) is 0 Å². The van der Waals surface area contributed by atoms with Crippen LogP contribution in [0.15, 0.2) is 54.6 Å². The molecule has 2 fully saturated rings. The van der Waals surface area contributed by atoms with Crippen LogP contribution in [0.3, 0.4) is 0 Å². The second kappa shape index (κ2) is 20.0. The number of likely N-dealkylation sites (tertiary alicyclic amines) is 1. The highest BCUT2D eigenvalue weighted by Gasteiger charge is 2.42. The maximum atomic E-state index is 14.6. The van der Waals surface area contributed by atoms with Crippen molar-refractivity contribution in [1.29, 1.82) is 0 Å². The number of rotatable bonds is 12. The summed E-state index contributed by atoms with van der Waals surface area (Å²) in [4.78, 5) is 81.9. The van der Waals surface area contributed by atoms with E-state index in [2.05, 4.69) is 66.9 Å². The predicted octanol–water partition coefficient (Wildman–Crippen LogP) is 6.11. The van der Waals surface area contributed by atoms with E-state index in [0.29, 0.717) is 63.3 Å². The lowest BCUT2D eigenvalue weighted by Crippen LogP contribution is -2.62. The lowest BCUT2D eigenvalue weighted by molar-refractivity contribution is -0.155. The molecule has 6 bridgehead atoms. The zero-order valence-electron chi connectivity index (χ0n) is 39.0. The maximum absolute atomic E-state index is 14.6. The van der Waals surface area contributed by atoms with Gasteiger partial charge in [0.1, 0.15) is 18.1 Å². The molecule has 65 heavy (non-hydrogen) atoms. The summed E-state index contributed by atoms with van der Waals surface area (Å²) in [6, 6.07) is 7.74. The van der Waals surface area contributed by atoms with Crippen molar-refractivity contribution in [1.82, 2.24) is 40.1 Å². The number of cyclic esters (lactones) is 1. The summed E-state index contributed by atoms with van der Waals surface area (Å²) < 4.78 is 14.2. The van der Waals surface area contributed by atoms with E-state index in [-0.39, 0.29) is 42.8 Å². The van der Waals surface area contributed by atoms with E-state index < -0.39 is 41.3 Å². The molecule has 6 heterocycles. The van der Waals surface area contributed by atoms with Gasteiger partial charge in [0.25, 0.3) is 5.91 Å². The molecule has 0 saturated carbocycles. The van der Waals surface area contributed by atoms with Crippen molar-refractivity contribution in [3.63, 3.8) is 0 Å². The minimum atomic E-state index is -1.06. The molecule has 15 nitrogen and oxygen atoms in total. The van der Waals surface area contributed by atoms with Crippen molar-refractivity contribution in [2.24, 2.45) is 17.3 Å². The molecule has 7 rings (SSSR count). The highest BCUT2D eigenvalue weighted by Crippen LogP contribution is 2.42. The van der Waals surface area contributed by atoms with Gasteiger partial charge in [-0.2, -0.15) is 0 Å². The van der Waals surface area contributed by atoms with Crippen molar-refractivity contribution in [3.05, 3.63) is 70.8 Å². The van der Waals surface area contributed by atoms with Crippen LogP contribution in [0.2, 0.25) is 0 Å². The summed E-state index contributed by atoms with van der Waals surface area (Å²) in [6.07, 6.45) is 5.49. The molecule has 5 atom stereocenters. The monoisotopic (exact) mass is 908 g/mol. The number of amides is 4. The van der Waals surface area contributed by atoms with Gasteiger partial charge in [0.05, 0.1) is 34.8 Å². The molecule has 0 spiro atoms. The van der Waals surface area contributed by atoms with Crippen LogP contribution in [-0.4, -0.2) is 117 Å². The molecule has 16 heteroatoms. The van der Waals surface area contributed by atoms with Gasteiger partial charge < -0.3 is 29.2 Å². The number of ether oxygens (including phenoxy) is 2. The predicted molar refractivity (Wildman–Crippen MR) is 250 cm³/mol. The number of methoxy groups -OCH3 is 1. The number of aryl methyl sites for hydroxylation is 1. The Labute approximate surface area is 385 Å². The first-order chi connectivity index (χ1) is 31.0. The summed E-state index contributed by atoms with van der Waals surface area (Å²) >= 11 is 1.41. The number of pyridine rings is 1. The minimum absolute atomic E-state index is 0.0904. The molecule has 0 radical (unpaired) electrons. The molecule has 3 aromatic heterocycles. The fraction of sp³-hybridized carbons (Fsp3) is 0.531. The van der Waals surface area contributed by atoms with Gasteiger partial charge in [-0.1, -0.05) is 40.3 Å². The zero-order chi connectivity index (χ0) is 46.7. The summed E-state index contributed by atoms with van der Waals surface area (Å²) in [5, 5.41) is 8.16. The van der Waals surface area contributed by atoms with Crippen molar-refractivity contribution >= 4 is 51.8 Å². The molecule has 348 valence electrons. The van der Waals surface area contributed by atoms with Gasteiger partial charge >= 0.3 is 5.97 Å². The maximum Gasteiger partial charge on any atom is 0.324 e. The first-order valence-corrected chi connectivity index (χ1v) is 23.7. The lowest BCUT2D eigenvalue weighted by Gasteiger charge is -2.36. The van der Waals surface area contributed by atoms with E-state index >= 15 is 0 Å². The quantitative estimate of drug-likeness (QED) is 0.125. The third-order valence-electron chi connectivity index (χ3n) is 13.1. The summed E-state index contributed by atoms with van der Waals surface area (Å²) in [5.74, 6) is -2.27. The van der Waals surface area contributed by atoms with E-state index in [1.807, 2.05) is 32.2 Å². The van der Waals surface area contributed by atoms with Crippen LogP contribution < -0.4 is 10.7 Å². The largest absolute Gasteiger partial charge is 0.464 e. The number of thiazole rings is 1. The van der Waals surface area contributed by atoms with E-state index in [9.17, 15) is 24.0 Å². The Morgan fingerprint density at radius 3 is 2.65 bits per heavy atom. The summed E-state index contributed by atoms with van der Waals surface area (Å²) in [7, 11) is 3.36. The van der Waals surface area contributed by atoms with E-state index in [1.54, 1.807) is 25.3 Å². The number of nitrogens with one attached hydrogen (secondary N) is 2. The van der Waals surface area contributed by atoms with Crippen molar-refractivity contribution < 1.29 is 33.4 Å². The molecule has 3 aliphatic rings. The molecular weight excluding hydrogens is 845 g/mol. The Morgan fingerprint density at radius 2 is 1.92 bits per heavy atom. The summed E-state index contributed by atoms with van der Waals surface area (Å²) in [6.45, 7) is 17.6. The van der Waals surface area contributed by atoms with Crippen LogP contribution in [0.25, 0.3) is 33.4 Å². The van der Waals surface area contributed by atoms with Crippen LogP contribution >= 0.6 is 11.3 Å². The highest BCUT2D eigenvalue weighted by molar-refractivity contribution is 7.10. The van der Waals surface area contributed by atoms with Gasteiger partial charge in [-0.15, -0.1) is 11.3 Å². The van der Waals surface area contributed by atoms with Crippen molar-refractivity contribution in [2.75, 3.05) is 40.4 Å². The lowest BCUT2D eigenvalue weighted by atomic mass is 9.84. The minimum Gasteiger partial charge on any atom is -0.464 e. The third kappa shape index (κ3) is 10.0. The Kier molecular flexibility index (Phi) is 14.6. The highest BCUT2D eigenvalue weighted by atomic mass is 32.1. The van der Waals surface area contributed by atoms with Crippen molar-refractivity contribution in [2.45, 2.75) is 111 Å². The van der Waals surface area contributed by atoms with Gasteiger partial charge in [0.2, 0.25) is 17.7 Å². The number of likely N-dealkylation sites (N-methyl/N-ethyl adjacent to an activating group) is 1. The second-order valence-corrected chi connectivity index (χ2v) is 19.7. The van der Waals surface area contributed by atoms with Gasteiger partial charge in [0, 0.05) is 91.7 Å². The Morgan fingerprint density at radius 1 is 1.14 bits per heavy atom. The smallest absolute Gasteiger partial charge is 0.324 e. The molecule has 4 amide bonds. The average Bonchev–Trinajstić information content (AvgIpc) is 4.00. The average molecular weight is 909 g/mol. The van der Waals surface area contributed by atoms with Gasteiger partial charge in [-0.05, 0) is 87.8 Å². The van der Waals surface area contributed by atoms with Crippen LogP contribution in [0.5, 0.6) is 0 Å². The Balaban J connectivity index is 1.25. The normalized spacial score (nSPS) is 21.2. The van der Waals surface area contributed by atoms with Crippen molar-refractivity contribution in [3.8, 4) is 22.5 Å². The van der Waals surface area contributed by atoms with Gasteiger partial charge in [-0.25, -0.2) is 10.4 Å². The number of fused-ring (bicyclic) bond motifs is 6. The molecule has 0 aliphatic carbocycles. The van der Waals surface area contributed by atoms with E-state index in [1.165, 1.54) is 27.3 Å². The number of nitrogens with zero attached hydrogens (tertiary/aromatic N) is 6. The first-order valence-electron chi connectivity index (χ1n) is 22.9. The SMILES string of the molecule is C=CC(=O)N(C)CCC1CCN(C(C(=O)NC2Cc3nc(cs3)-c3ccc4c(c3)c(c(-c3cccnc3C(C)OC)n4CC)CC(C)(C)COC(=O)[C@@H]3CCCN(N3)C2=O)C(C)C)C1=O. The van der Waals surface area contributed by atoms with E-state index in [4.69, 9.17) is 19.4 Å². The van der Waals surface area contributed by atoms with Gasteiger partial charge in [0.15, 0.2) is 0 Å². The standard InChI is InChI=1S/C49H64N8O7S/c1-10-41(58)54(8)22-18-31-19-23-56(46(31)60)43(29(3)4)45(59)52-37-25-40-51-38(27-65-40)32-16-17-39-34(24-32)35(44(55(39)11-2)33-14-12-20-50-42(33)30(5)63-9)26-49(6,7)28-64-48(62)36-15-13-21-57(53-36)47(37)61/h10,12,14,16-17,20,24,27,29-31,36-37,43,53H,1,11,13,15,18-19,21-23,25-26,28H2,2-9H3,(H,52,59)/t30?,31?,36-,37?,43?/m0/s1. The number of carbonyl (C=O) groups is 5. The third-order valence-corrected chi connectivity index (χ3v) is 14.0. The number of aromatic nitrogens is 3. The summed E-state index contributed by atoms with van der Waals surface area (Å²) in [5.41, 5.74) is 9.29. The number of esters is 1. The Bertz CT molecular complexity index is 2440. The molecule has 2 saturated heterocycles. The molecule has 4 unspecified atom stereocenters. The topological polar surface area (TPSA) is 168 Å². The molecule has 1 aromatic carbocycles. The fourth-order valence-electron chi connectivity index (χ4n) is 9.55. The second-order valence-electron chi connectivity index (χ2n) is 18.7. The van der Waals surface area contributed by atoms with Crippen LogP contribution in [-0.2, 0) is 52.8 Å². The van der Waals surface area contributed by atoms with E-state index in [0.717, 1.165) is 44.7 Å². The molecule has 2 N–H and O–H groups in total. The van der Waals surface area contributed by atoms with Crippen LogP contribution in [0.1, 0.15) is 89.6 Å². The Hall–Kier alpha value is -5.45. The number of hydrazine groups is 1. The number of hydrogen-bond donors (Lipinski definition) is 2. The molecule has 3 aliphatic heterocycles. The van der Waals surface area contributed by atoms with Crippen LogP contribution in [0, 0.1) is 17.3 Å². The number of carbonyl (C=O) groups excluding carboxylic acids is 5. The molecular formula is C49H64N8O7S. The number of benzene rings is 1. The number of hydrogen-bond acceptors (Lipinski definition) is 11. The zero-order valence-corrected chi connectivity index (χ0v) is 39.8. The fourth-order valence-corrected chi connectivity index (χ4v) is 10.4. The first kappa shape index (κ1) is 47.5. The molecule has 4 aromatic rings.